The van der Waals surface area contributed by atoms with E-state index >= 15 is 0 Å². The normalized spacial score (nSPS) is 12.0. The van der Waals surface area contributed by atoms with Gasteiger partial charge in [-0.2, -0.15) is 0 Å². The second kappa shape index (κ2) is 6.97. The Balaban J connectivity index is 2.17. The van der Waals surface area contributed by atoms with Gasteiger partial charge in [0.25, 0.3) is 0 Å². The third-order valence-corrected chi connectivity index (χ3v) is 3.17. The minimum Gasteiger partial charge on any atom is -0.508 e. The second-order valence-electron chi connectivity index (χ2n) is 4.92. The zero-order chi connectivity index (χ0) is 15.2. The minimum atomic E-state index is -0.429. The second-order valence-corrected chi connectivity index (χ2v) is 4.92. The van der Waals surface area contributed by atoms with Gasteiger partial charge in [0.05, 0.1) is 18.3 Å². The number of ether oxygens (including phenoxy) is 1. The molecule has 4 heteroatoms. The number of anilines is 1. The zero-order valence-corrected chi connectivity index (χ0v) is 12.3. The third kappa shape index (κ3) is 3.88. The van der Waals surface area contributed by atoms with Crippen molar-refractivity contribution in [2.24, 2.45) is 0 Å². The number of nitrogens with one attached hydrogen (secondary N) is 1. The topological polar surface area (TPSA) is 41.5 Å². The van der Waals surface area contributed by atoms with E-state index in [-0.39, 0.29) is 11.8 Å². The Hall–Kier alpha value is -2.23. The summed E-state index contributed by atoms with van der Waals surface area (Å²) in [5, 5.41) is 12.5. The van der Waals surface area contributed by atoms with Gasteiger partial charge in [-0.15, -0.1) is 0 Å². The predicted octanol–water partition coefficient (Wildman–Crippen LogP) is 4.49. The Labute approximate surface area is 124 Å². The van der Waals surface area contributed by atoms with Gasteiger partial charge >= 0.3 is 0 Å². The average molecular weight is 289 g/mol. The molecular weight excluding hydrogens is 269 g/mol. The van der Waals surface area contributed by atoms with E-state index in [1.54, 1.807) is 6.07 Å². The summed E-state index contributed by atoms with van der Waals surface area (Å²) in [4.78, 5) is 0. The van der Waals surface area contributed by atoms with Gasteiger partial charge in [0.2, 0.25) is 0 Å². The van der Waals surface area contributed by atoms with E-state index in [4.69, 9.17) is 4.74 Å². The van der Waals surface area contributed by atoms with Crippen molar-refractivity contribution in [3.8, 4) is 11.5 Å². The van der Waals surface area contributed by atoms with Gasteiger partial charge in [-0.1, -0.05) is 25.1 Å². The summed E-state index contributed by atoms with van der Waals surface area (Å²) in [6.07, 6.45) is 0.927. The van der Waals surface area contributed by atoms with Crippen LogP contribution in [0.3, 0.4) is 0 Å². The Kier molecular flexibility index (Phi) is 5.04. The van der Waals surface area contributed by atoms with Gasteiger partial charge in [0.15, 0.2) is 0 Å². The highest BCUT2D eigenvalue weighted by Gasteiger charge is 2.13. The fourth-order valence-electron chi connectivity index (χ4n) is 2.10. The van der Waals surface area contributed by atoms with Crippen LogP contribution in [-0.4, -0.2) is 11.7 Å². The molecule has 0 saturated carbocycles. The maximum Gasteiger partial charge on any atom is 0.142 e. The lowest BCUT2D eigenvalue weighted by Gasteiger charge is -2.19. The minimum absolute atomic E-state index is 0.0740. The molecule has 2 aromatic rings. The summed E-state index contributed by atoms with van der Waals surface area (Å²) in [5.41, 5.74) is 1.32. The summed E-state index contributed by atoms with van der Waals surface area (Å²) >= 11 is 0. The quantitative estimate of drug-likeness (QED) is 0.823. The number of hydrogen-bond donors (Lipinski definition) is 2. The smallest absolute Gasteiger partial charge is 0.142 e. The maximum absolute atomic E-state index is 13.9. The lowest BCUT2D eigenvalue weighted by Crippen LogP contribution is -2.10. The SMILES string of the molecule is CCCOc1ccccc1NC(C)c1ccc(O)cc1F. The van der Waals surface area contributed by atoms with Crippen LogP contribution < -0.4 is 10.1 Å². The highest BCUT2D eigenvalue weighted by atomic mass is 19.1. The molecule has 2 aromatic carbocycles. The number of benzene rings is 2. The van der Waals surface area contributed by atoms with Crippen molar-refractivity contribution in [3.05, 3.63) is 53.8 Å². The largest absolute Gasteiger partial charge is 0.508 e. The standard InChI is InChI=1S/C17H20FNO2/c1-3-10-21-17-7-5-4-6-16(17)19-12(2)14-9-8-13(20)11-15(14)18/h4-9,11-12,19-20H,3,10H2,1-2H3. The first-order valence-corrected chi connectivity index (χ1v) is 7.08. The number of halogens is 1. The van der Waals surface area contributed by atoms with E-state index in [0.717, 1.165) is 23.9 Å². The van der Waals surface area contributed by atoms with Crippen molar-refractivity contribution in [2.75, 3.05) is 11.9 Å². The number of aromatic hydroxyl groups is 1. The fourth-order valence-corrected chi connectivity index (χ4v) is 2.10. The molecule has 0 bridgehead atoms. The van der Waals surface area contributed by atoms with E-state index in [9.17, 15) is 9.50 Å². The summed E-state index contributed by atoms with van der Waals surface area (Å²) < 4.78 is 19.6. The molecule has 2 rings (SSSR count). The van der Waals surface area contributed by atoms with Gasteiger partial charge in [-0.3, -0.25) is 0 Å². The van der Waals surface area contributed by atoms with Crippen molar-refractivity contribution in [3.63, 3.8) is 0 Å². The molecule has 0 heterocycles. The molecule has 21 heavy (non-hydrogen) atoms. The lowest BCUT2D eigenvalue weighted by molar-refractivity contribution is 0.318. The number of hydrogen-bond acceptors (Lipinski definition) is 3. The molecule has 3 nitrogen and oxygen atoms in total. The Morgan fingerprint density at radius 2 is 2.00 bits per heavy atom. The summed E-state index contributed by atoms with van der Waals surface area (Å²) in [7, 11) is 0. The van der Waals surface area contributed by atoms with Crippen LogP contribution in [0.15, 0.2) is 42.5 Å². The van der Waals surface area contributed by atoms with E-state index < -0.39 is 5.82 Å². The first kappa shape index (κ1) is 15.2. The molecule has 112 valence electrons. The lowest BCUT2D eigenvalue weighted by atomic mass is 10.1. The van der Waals surface area contributed by atoms with Crippen LogP contribution in [0.2, 0.25) is 0 Å². The molecule has 0 saturated heterocycles. The molecule has 0 aliphatic carbocycles. The number of phenolic OH excluding ortho intramolecular Hbond substituents is 1. The van der Waals surface area contributed by atoms with Crippen molar-refractivity contribution < 1.29 is 14.2 Å². The van der Waals surface area contributed by atoms with Gasteiger partial charge < -0.3 is 15.2 Å². The molecule has 1 unspecified atom stereocenters. The van der Waals surface area contributed by atoms with Gasteiger partial charge in [0.1, 0.15) is 17.3 Å². The van der Waals surface area contributed by atoms with Gasteiger partial charge in [-0.05, 0) is 31.5 Å². The Morgan fingerprint density at radius 3 is 2.71 bits per heavy atom. The molecule has 0 amide bonds. The van der Waals surface area contributed by atoms with Crippen LogP contribution >= 0.6 is 0 Å². The number of rotatable bonds is 6. The molecule has 0 fully saturated rings. The van der Waals surface area contributed by atoms with Crippen LogP contribution in [0.1, 0.15) is 31.9 Å². The van der Waals surface area contributed by atoms with Crippen molar-refractivity contribution >= 4 is 5.69 Å². The maximum atomic E-state index is 13.9. The van der Waals surface area contributed by atoms with Crippen molar-refractivity contribution in [1.82, 2.24) is 0 Å². The van der Waals surface area contributed by atoms with Crippen LogP contribution in [0, 0.1) is 5.82 Å². The summed E-state index contributed by atoms with van der Waals surface area (Å²) in [5.74, 6) is 0.252. The van der Waals surface area contributed by atoms with E-state index in [1.807, 2.05) is 38.1 Å². The molecule has 1 atom stereocenters. The molecule has 0 aliphatic rings. The highest BCUT2D eigenvalue weighted by Crippen LogP contribution is 2.29. The molecule has 0 radical (unpaired) electrons. The molecular formula is C17H20FNO2. The average Bonchev–Trinajstić information content (AvgIpc) is 2.46. The van der Waals surface area contributed by atoms with Crippen molar-refractivity contribution in [1.29, 1.82) is 0 Å². The first-order valence-electron chi connectivity index (χ1n) is 7.08. The van der Waals surface area contributed by atoms with Crippen LogP contribution in [0.4, 0.5) is 10.1 Å². The molecule has 0 aliphatic heterocycles. The molecule has 0 spiro atoms. The number of para-hydroxylation sites is 2. The van der Waals surface area contributed by atoms with Crippen LogP contribution in [0.25, 0.3) is 0 Å². The first-order chi connectivity index (χ1) is 10.1. The summed E-state index contributed by atoms with van der Waals surface area (Å²) in [6.45, 7) is 4.55. The van der Waals surface area contributed by atoms with Crippen LogP contribution in [-0.2, 0) is 0 Å². The fraction of sp³-hybridized carbons (Fsp3) is 0.294. The predicted molar refractivity (Wildman–Crippen MR) is 82.3 cm³/mol. The highest BCUT2D eigenvalue weighted by molar-refractivity contribution is 5.57. The Bertz CT molecular complexity index is 601. The third-order valence-electron chi connectivity index (χ3n) is 3.17. The van der Waals surface area contributed by atoms with Gasteiger partial charge in [0, 0.05) is 11.6 Å². The Morgan fingerprint density at radius 1 is 1.24 bits per heavy atom. The molecule has 0 aromatic heterocycles. The monoisotopic (exact) mass is 289 g/mol. The molecule has 2 N–H and O–H groups in total. The van der Waals surface area contributed by atoms with Crippen molar-refractivity contribution in [2.45, 2.75) is 26.3 Å². The van der Waals surface area contributed by atoms with Crippen LogP contribution in [0.5, 0.6) is 11.5 Å². The summed E-state index contributed by atoms with van der Waals surface area (Å²) in [6, 6.07) is 11.5. The van der Waals surface area contributed by atoms with E-state index in [2.05, 4.69) is 5.32 Å². The number of phenols is 1. The van der Waals surface area contributed by atoms with Gasteiger partial charge in [-0.25, -0.2) is 4.39 Å². The van der Waals surface area contributed by atoms with E-state index in [0.29, 0.717) is 12.2 Å². The van der Waals surface area contributed by atoms with E-state index in [1.165, 1.54) is 6.07 Å². The zero-order valence-electron chi connectivity index (χ0n) is 12.3.